The van der Waals surface area contributed by atoms with E-state index < -0.39 is 0 Å². The number of amides is 2. The SMILES string of the molecule is CCCNC(=O)Cn1nc2c(c1NC(=O)c1cccs1)CSC2. The van der Waals surface area contributed by atoms with Gasteiger partial charge in [-0.25, -0.2) is 4.68 Å². The molecular weight excluding hydrogens is 332 g/mol. The van der Waals surface area contributed by atoms with Crippen molar-refractivity contribution in [1.82, 2.24) is 15.1 Å². The number of hydrogen-bond donors (Lipinski definition) is 2. The van der Waals surface area contributed by atoms with Gasteiger partial charge >= 0.3 is 0 Å². The van der Waals surface area contributed by atoms with E-state index in [1.54, 1.807) is 22.5 Å². The monoisotopic (exact) mass is 350 g/mol. The molecule has 2 amide bonds. The van der Waals surface area contributed by atoms with Gasteiger partial charge in [-0.2, -0.15) is 16.9 Å². The molecule has 0 atom stereocenters. The maximum atomic E-state index is 12.3. The number of anilines is 1. The minimum Gasteiger partial charge on any atom is -0.355 e. The van der Waals surface area contributed by atoms with Gasteiger partial charge in [-0.15, -0.1) is 11.3 Å². The van der Waals surface area contributed by atoms with Gasteiger partial charge in [0.2, 0.25) is 5.91 Å². The van der Waals surface area contributed by atoms with Crippen molar-refractivity contribution in [1.29, 1.82) is 0 Å². The molecule has 23 heavy (non-hydrogen) atoms. The zero-order valence-corrected chi connectivity index (χ0v) is 14.4. The molecule has 8 heteroatoms. The number of hydrogen-bond acceptors (Lipinski definition) is 5. The number of thiophene rings is 1. The van der Waals surface area contributed by atoms with Crippen LogP contribution in [-0.4, -0.2) is 28.1 Å². The normalized spacial score (nSPS) is 12.9. The van der Waals surface area contributed by atoms with Crippen LogP contribution < -0.4 is 10.6 Å². The van der Waals surface area contributed by atoms with Crippen LogP contribution in [0.1, 0.15) is 34.3 Å². The van der Waals surface area contributed by atoms with Gasteiger partial charge in [-0.3, -0.25) is 9.59 Å². The molecule has 1 aliphatic heterocycles. The third-order valence-corrected chi connectivity index (χ3v) is 5.30. The Morgan fingerprint density at radius 2 is 2.26 bits per heavy atom. The second kappa shape index (κ2) is 7.18. The van der Waals surface area contributed by atoms with Crippen LogP contribution in [0.5, 0.6) is 0 Å². The summed E-state index contributed by atoms with van der Waals surface area (Å²) in [4.78, 5) is 25.0. The van der Waals surface area contributed by atoms with Crippen molar-refractivity contribution >= 4 is 40.7 Å². The van der Waals surface area contributed by atoms with Crippen LogP contribution in [0, 0.1) is 0 Å². The molecule has 3 heterocycles. The van der Waals surface area contributed by atoms with Crippen molar-refractivity contribution in [2.24, 2.45) is 0 Å². The molecule has 0 aliphatic carbocycles. The topological polar surface area (TPSA) is 76.0 Å². The zero-order valence-electron chi connectivity index (χ0n) is 12.8. The molecule has 0 radical (unpaired) electrons. The van der Waals surface area contributed by atoms with Gasteiger partial charge in [-0.1, -0.05) is 13.0 Å². The van der Waals surface area contributed by atoms with Crippen molar-refractivity contribution < 1.29 is 9.59 Å². The molecule has 6 nitrogen and oxygen atoms in total. The lowest BCUT2D eigenvalue weighted by atomic mass is 10.2. The highest BCUT2D eigenvalue weighted by Crippen LogP contribution is 2.35. The Balaban J connectivity index is 1.80. The highest BCUT2D eigenvalue weighted by Gasteiger charge is 2.25. The lowest BCUT2D eigenvalue weighted by Crippen LogP contribution is -2.29. The van der Waals surface area contributed by atoms with Gasteiger partial charge in [0, 0.05) is 23.6 Å². The predicted molar refractivity (Wildman–Crippen MR) is 92.8 cm³/mol. The maximum Gasteiger partial charge on any atom is 0.266 e. The van der Waals surface area contributed by atoms with Crippen LogP contribution in [0.3, 0.4) is 0 Å². The first-order valence-electron chi connectivity index (χ1n) is 7.47. The number of fused-ring (bicyclic) bond motifs is 1. The summed E-state index contributed by atoms with van der Waals surface area (Å²) < 4.78 is 1.61. The van der Waals surface area contributed by atoms with E-state index in [0.29, 0.717) is 17.2 Å². The van der Waals surface area contributed by atoms with E-state index in [9.17, 15) is 9.59 Å². The third-order valence-electron chi connectivity index (χ3n) is 3.46. The minimum absolute atomic E-state index is 0.0905. The summed E-state index contributed by atoms with van der Waals surface area (Å²) in [6.07, 6.45) is 0.889. The van der Waals surface area contributed by atoms with Crippen LogP contribution >= 0.6 is 23.1 Å². The average molecular weight is 350 g/mol. The first-order chi connectivity index (χ1) is 11.2. The van der Waals surface area contributed by atoms with Crippen molar-refractivity contribution in [3.63, 3.8) is 0 Å². The fourth-order valence-corrected chi connectivity index (χ4v) is 4.01. The van der Waals surface area contributed by atoms with Crippen LogP contribution in [-0.2, 0) is 22.8 Å². The van der Waals surface area contributed by atoms with E-state index in [1.807, 2.05) is 18.4 Å². The van der Waals surface area contributed by atoms with E-state index in [-0.39, 0.29) is 18.4 Å². The van der Waals surface area contributed by atoms with E-state index in [1.165, 1.54) is 11.3 Å². The molecule has 0 unspecified atom stereocenters. The van der Waals surface area contributed by atoms with E-state index in [0.717, 1.165) is 29.2 Å². The molecule has 122 valence electrons. The highest BCUT2D eigenvalue weighted by molar-refractivity contribution is 7.98. The Hall–Kier alpha value is -1.80. The quantitative estimate of drug-likeness (QED) is 0.839. The lowest BCUT2D eigenvalue weighted by molar-refractivity contribution is -0.121. The maximum absolute atomic E-state index is 12.3. The summed E-state index contributed by atoms with van der Waals surface area (Å²) in [5.74, 6) is 2.03. The molecule has 0 bridgehead atoms. The standard InChI is InChI=1S/C15H18N4O2S2/c1-2-5-16-13(20)7-19-14(10-8-22-9-11(10)18-19)17-15(21)12-4-3-6-23-12/h3-4,6H,2,5,7-9H2,1H3,(H,16,20)(H,17,21). The summed E-state index contributed by atoms with van der Waals surface area (Å²) in [6, 6.07) is 3.62. The first kappa shape index (κ1) is 16.1. The molecule has 2 aromatic heterocycles. The number of carbonyl (C=O) groups is 2. The Morgan fingerprint density at radius 3 is 3.00 bits per heavy atom. The molecule has 2 aromatic rings. The third kappa shape index (κ3) is 3.59. The largest absolute Gasteiger partial charge is 0.355 e. The number of nitrogens with one attached hydrogen (secondary N) is 2. The Bertz CT molecular complexity index is 709. The average Bonchev–Trinajstić information content (AvgIpc) is 3.24. The second-order valence-electron chi connectivity index (χ2n) is 5.21. The summed E-state index contributed by atoms with van der Waals surface area (Å²) in [6.45, 7) is 2.77. The Morgan fingerprint density at radius 1 is 1.39 bits per heavy atom. The summed E-state index contributed by atoms with van der Waals surface area (Å²) in [5.41, 5.74) is 1.99. The molecule has 0 spiro atoms. The van der Waals surface area contributed by atoms with Crippen LogP contribution in [0.4, 0.5) is 5.82 Å². The fourth-order valence-electron chi connectivity index (χ4n) is 2.35. The number of rotatable bonds is 6. The smallest absolute Gasteiger partial charge is 0.266 e. The van der Waals surface area contributed by atoms with Crippen LogP contribution in [0.25, 0.3) is 0 Å². The summed E-state index contributed by atoms with van der Waals surface area (Å²) >= 11 is 3.16. The summed E-state index contributed by atoms with van der Waals surface area (Å²) in [7, 11) is 0. The molecular formula is C15H18N4O2S2. The van der Waals surface area contributed by atoms with Gasteiger partial charge in [0.25, 0.3) is 5.91 Å². The van der Waals surface area contributed by atoms with Gasteiger partial charge < -0.3 is 10.6 Å². The number of thioether (sulfide) groups is 1. The first-order valence-corrected chi connectivity index (χ1v) is 9.50. The fraction of sp³-hybridized carbons (Fsp3) is 0.400. The lowest BCUT2D eigenvalue weighted by Gasteiger charge is -2.10. The molecule has 2 N–H and O–H groups in total. The molecule has 1 aliphatic rings. The van der Waals surface area contributed by atoms with Crippen LogP contribution in [0.15, 0.2) is 17.5 Å². The highest BCUT2D eigenvalue weighted by atomic mass is 32.2. The van der Waals surface area contributed by atoms with Crippen LogP contribution in [0.2, 0.25) is 0 Å². The van der Waals surface area contributed by atoms with Crippen molar-refractivity contribution in [2.45, 2.75) is 31.4 Å². The number of aromatic nitrogens is 2. The molecule has 0 aromatic carbocycles. The number of nitrogens with zero attached hydrogens (tertiary/aromatic N) is 2. The van der Waals surface area contributed by atoms with E-state index in [2.05, 4.69) is 15.7 Å². The van der Waals surface area contributed by atoms with Gasteiger partial charge in [0.15, 0.2) is 0 Å². The van der Waals surface area contributed by atoms with Gasteiger partial charge in [0.05, 0.1) is 10.6 Å². The van der Waals surface area contributed by atoms with Gasteiger partial charge in [-0.05, 0) is 17.9 Å². The van der Waals surface area contributed by atoms with Crippen molar-refractivity contribution in [2.75, 3.05) is 11.9 Å². The number of carbonyl (C=O) groups excluding carboxylic acids is 2. The van der Waals surface area contributed by atoms with E-state index >= 15 is 0 Å². The molecule has 0 saturated heterocycles. The Kier molecular flexibility index (Phi) is 5.02. The molecule has 0 fully saturated rings. The van der Waals surface area contributed by atoms with Gasteiger partial charge in [0.1, 0.15) is 12.4 Å². The van der Waals surface area contributed by atoms with E-state index in [4.69, 9.17) is 0 Å². The van der Waals surface area contributed by atoms with Crippen molar-refractivity contribution in [3.05, 3.63) is 33.6 Å². The summed E-state index contributed by atoms with van der Waals surface area (Å²) in [5, 5.41) is 12.1. The predicted octanol–water partition coefficient (Wildman–Crippen LogP) is 2.47. The minimum atomic E-state index is -0.158. The Labute approximate surface area is 142 Å². The van der Waals surface area contributed by atoms with Crippen molar-refractivity contribution in [3.8, 4) is 0 Å². The second-order valence-corrected chi connectivity index (χ2v) is 7.14. The molecule has 0 saturated carbocycles. The molecule has 3 rings (SSSR count). The zero-order chi connectivity index (χ0) is 16.2.